The molecule has 0 saturated carbocycles. The average molecular weight is 598 g/mol. The Labute approximate surface area is 255 Å². The van der Waals surface area contributed by atoms with Gasteiger partial charge in [0.2, 0.25) is 11.7 Å². The van der Waals surface area contributed by atoms with Gasteiger partial charge in [0.15, 0.2) is 0 Å². The highest BCUT2D eigenvalue weighted by Gasteiger charge is 2.19. The number of hydrogen-bond donors (Lipinski definition) is 1. The van der Waals surface area contributed by atoms with E-state index in [1.807, 2.05) is 65.1 Å². The molecular formula is C33H36ClN7O2. The molecule has 0 bridgehead atoms. The SMILES string of the molecule is O=C(CCc1nnc2n(CCc3ccccc3)c(=O)c3ccccc3n12)NCCCN1CCN(c2cccc(Cl)c2)CC1. The Morgan fingerprint density at radius 2 is 1.65 bits per heavy atom. The van der Waals surface area contributed by atoms with Crippen molar-refractivity contribution in [3.05, 3.63) is 106 Å². The third-order valence-corrected chi connectivity index (χ3v) is 8.37. The zero-order valence-corrected chi connectivity index (χ0v) is 24.9. The first-order valence-electron chi connectivity index (χ1n) is 15.0. The molecule has 1 saturated heterocycles. The number of nitrogens with one attached hydrogen (secondary N) is 1. The number of aryl methyl sites for hydroxylation is 3. The molecule has 1 fully saturated rings. The Hall–Kier alpha value is -4.21. The van der Waals surface area contributed by atoms with Crippen LogP contribution in [0.4, 0.5) is 5.69 Å². The van der Waals surface area contributed by atoms with Gasteiger partial charge in [0.1, 0.15) is 5.82 Å². The average Bonchev–Trinajstić information content (AvgIpc) is 3.47. The maximum absolute atomic E-state index is 13.4. The van der Waals surface area contributed by atoms with Crippen LogP contribution in [-0.2, 0) is 24.2 Å². The topological polar surface area (TPSA) is 87.8 Å². The van der Waals surface area contributed by atoms with E-state index in [0.29, 0.717) is 49.3 Å². The zero-order chi connectivity index (χ0) is 29.6. The third kappa shape index (κ3) is 6.73. The number of amides is 1. The van der Waals surface area contributed by atoms with Crippen molar-refractivity contribution >= 4 is 39.9 Å². The van der Waals surface area contributed by atoms with E-state index in [0.717, 1.165) is 55.2 Å². The third-order valence-electron chi connectivity index (χ3n) is 8.14. The van der Waals surface area contributed by atoms with Gasteiger partial charge in [0.25, 0.3) is 5.56 Å². The summed E-state index contributed by atoms with van der Waals surface area (Å²) in [6.07, 6.45) is 2.34. The molecule has 1 N–H and O–H groups in total. The van der Waals surface area contributed by atoms with Gasteiger partial charge >= 0.3 is 0 Å². The minimum absolute atomic E-state index is 0.00997. The van der Waals surface area contributed by atoms with Gasteiger partial charge in [0, 0.05) is 62.8 Å². The fraction of sp³-hybridized carbons (Fsp3) is 0.333. The zero-order valence-electron chi connectivity index (χ0n) is 24.2. The molecule has 3 heterocycles. The number of anilines is 1. The van der Waals surface area contributed by atoms with Crippen molar-refractivity contribution in [2.45, 2.75) is 32.2 Å². The maximum atomic E-state index is 13.4. The van der Waals surface area contributed by atoms with E-state index in [1.165, 1.54) is 5.69 Å². The van der Waals surface area contributed by atoms with E-state index in [4.69, 9.17) is 11.6 Å². The summed E-state index contributed by atoms with van der Waals surface area (Å²) in [6.45, 7) is 5.99. The van der Waals surface area contributed by atoms with Crippen LogP contribution < -0.4 is 15.8 Å². The van der Waals surface area contributed by atoms with Crippen LogP contribution in [-0.4, -0.2) is 69.2 Å². The standard InChI is InChI=1S/C33H36ClN7O2/c34-26-10-6-11-27(24-26)39-22-20-38(21-23-39)18-7-17-35-31(42)15-14-30-36-37-33-40(19-16-25-8-2-1-3-9-25)32(43)28-12-4-5-13-29(28)41(30)33/h1-6,8-13,24H,7,14-23H2,(H,35,42). The first-order valence-corrected chi connectivity index (χ1v) is 15.3. The van der Waals surface area contributed by atoms with E-state index in [2.05, 4.69) is 43.5 Å². The highest BCUT2D eigenvalue weighted by atomic mass is 35.5. The predicted octanol–water partition coefficient (Wildman–Crippen LogP) is 4.20. The summed E-state index contributed by atoms with van der Waals surface area (Å²) < 4.78 is 3.62. The lowest BCUT2D eigenvalue weighted by Gasteiger charge is -2.36. The highest BCUT2D eigenvalue weighted by molar-refractivity contribution is 6.30. The Bertz CT molecular complexity index is 1760. The molecule has 222 valence electrons. The largest absolute Gasteiger partial charge is 0.369 e. The van der Waals surface area contributed by atoms with Crippen molar-refractivity contribution in [3.8, 4) is 0 Å². The smallest absolute Gasteiger partial charge is 0.262 e. The molecule has 3 aromatic carbocycles. The van der Waals surface area contributed by atoms with Crippen LogP contribution in [0.5, 0.6) is 0 Å². The first kappa shape index (κ1) is 28.9. The molecule has 1 amide bonds. The van der Waals surface area contributed by atoms with E-state index < -0.39 is 0 Å². The second kappa shape index (κ2) is 13.4. The number of fused-ring (bicyclic) bond motifs is 3. The lowest BCUT2D eigenvalue weighted by atomic mass is 10.1. The summed E-state index contributed by atoms with van der Waals surface area (Å²) in [5.74, 6) is 1.17. The number of hydrogen-bond acceptors (Lipinski definition) is 6. The monoisotopic (exact) mass is 597 g/mol. The van der Waals surface area contributed by atoms with Crippen molar-refractivity contribution in [3.63, 3.8) is 0 Å². The molecule has 6 rings (SSSR count). The number of carbonyl (C=O) groups excluding carboxylic acids is 1. The second-order valence-electron chi connectivity index (χ2n) is 11.0. The molecular weight excluding hydrogens is 562 g/mol. The maximum Gasteiger partial charge on any atom is 0.262 e. The lowest BCUT2D eigenvalue weighted by Crippen LogP contribution is -2.47. The molecule has 1 aliphatic rings. The van der Waals surface area contributed by atoms with Crippen LogP contribution in [0, 0.1) is 0 Å². The van der Waals surface area contributed by atoms with Gasteiger partial charge in [-0.2, -0.15) is 0 Å². The Morgan fingerprint density at radius 3 is 2.47 bits per heavy atom. The van der Waals surface area contributed by atoms with E-state index in [1.54, 1.807) is 4.57 Å². The van der Waals surface area contributed by atoms with Crippen molar-refractivity contribution in [2.24, 2.45) is 0 Å². The number of nitrogens with zero attached hydrogens (tertiary/aromatic N) is 6. The lowest BCUT2D eigenvalue weighted by molar-refractivity contribution is -0.121. The quantitative estimate of drug-likeness (QED) is 0.230. The molecule has 2 aromatic heterocycles. The summed E-state index contributed by atoms with van der Waals surface area (Å²) in [4.78, 5) is 31.0. The van der Waals surface area contributed by atoms with Crippen molar-refractivity contribution < 1.29 is 4.79 Å². The molecule has 0 aliphatic carbocycles. The van der Waals surface area contributed by atoms with Crippen molar-refractivity contribution in [1.29, 1.82) is 0 Å². The number of benzene rings is 3. The summed E-state index contributed by atoms with van der Waals surface area (Å²) >= 11 is 6.15. The van der Waals surface area contributed by atoms with Gasteiger partial charge in [-0.15, -0.1) is 10.2 Å². The number of rotatable bonds is 11. The Morgan fingerprint density at radius 1 is 0.860 bits per heavy atom. The van der Waals surface area contributed by atoms with Crippen LogP contribution in [0.3, 0.4) is 0 Å². The molecule has 43 heavy (non-hydrogen) atoms. The molecule has 0 spiro atoms. The number of para-hydroxylation sites is 1. The molecule has 5 aromatic rings. The molecule has 10 heteroatoms. The van der Waals surface area contributed by atoms with Crippen molar-refractivity contribution in [1.82, 2.24) is 29.4 Å². The van der Waals surface area contributed by atoms with E-state index in [-0.39, 0.29) is 11.5 Å². The Balaban J connectivity index is 1.02. The molecule has 0 radical (unpaired) electrons. The Kier molecular flexibility index (Phi) is 9.00. The molecule has 9 nitrogen and oxygen atoms in total. The van der Waals surface area contributed by atoms with Gasteiger partial charge in [-0.3, -0.25) is 23.5 Å². The van der Waals surface area contributed by atoms with Crippen LogP contribution in [0.25, 0.3) is 16.7 Å². The predicted molar refractivity (Wildman–Crippen MR) is 171 cm³/mol. The summed E-state index contributed by atoms with van der Waals surface area (Å²) in [5, 5.41) is 13.3. The minimum atomic E-state index is -0.0819. The van der Waals surface area contributed by atoms with Gasteiger partial charge in [-0.1, -0.05) is 60.1 Å². The van der Waals surface area contributed by atoms with Crippen LogP contribution in [0.1, 0.15) is 24.2 Å². The number of piperazine rings is 1. The summed E-state index contributed by atoms with van der Waals surface area (Å²) in [6, 6.07) is 25.6. The minimum Gasteiger partial charge on any atom is -0.369 e. The van der Waals surface area contributed by atoms with Crippen LogP contribution in [0.15, 0.2) is 83.7 Å². The van der Waals surface area contributed by atoms with Crippen LogP contribution in [0.2, 0.25) is 5.02 Å². The van der Waals surface area contributed by atoms with Gasteiger partial charge in [0.05, 0.1) is 10.9 Å². The van der Waals surface area contributed by atoms with Gasteiger partial charge < -0.3 is 10.2 Å². The number of carbonyl (C=O) groups is 1. The molecule has 0 atom stereocenters. The van der Waals surface area contributed by atoms with E-state index in [9.17, 15) is 9.59 Å². The number of aromatic nitrogens is 4. The fourth-order valence-electron chi connectivity index (χ4n) is 5.81. The molecule has 1 aliphatic heterocycles. The number of halogens is 1. The molecule has 0 unspecified atom stereocenters. The fourth-order valence-corrected chi connectivity index (χ4v) is 5.99. The highest BCUT2D eigenvalue weighted by Crippen LogP contribution is 2.21. The normalized spacial score (nSPS) is 14.0. The second-order valence-corrected chi connectivity index (χ2v) is 11.4. The van der Waals surface area contributed by atoms with Crippen LogP contribution >= 0.6 is 11.6 Å². The van der Waals surface area contributed by atoms with Gasteiger partial charge in [-0.25, -0.2) is 0 Å². The van der Waals surface area contributed by atoms with E-state index >= 15 is 0 Å². The summed E-state index contributed by atoms with van der Waals surface area (Å²) in [5.41, 5.74) is 3.00. The first-order chi connectivity index (χ1) is 21.1. The van der Waals surface area contributed by atoms with Gasteiger partial charge in [-0.05, 0) is 55.3 Å². The van der Waals surface area contributed by atoms with Crippen molar-refractivity contribution in [2.75, 3.05) is 44.2 Å². The summed E-state index contributed by atoms with van der Waals surface area (Å²) in [7, 11) is 0.